The third kappa shape index (κ3) is 3.24. The van der Waals surface area contributed by atoms with E-state index in [4.69, 9.17) is 4.74 Å². The highest BCUT2D eigenvalue weighted by molar-refractivity contribution is 6.19. The molecule has 2 heterocycles. The maximum atomic E-state index is 13.1. The zero-order valence-electron chi connectivity index (χ0n) is 15.0. The molecule has 0 spiro atoms. The van der Waals surface area contributed by atoms with Crippen molar-refractivity contribution >= 4 is 34.6 Å². The summed E-state index contributed by atoms with van der Waals surface area (Å²) in [4.78, 5) is 40.8. The second-order valence-electron chi connectivity index (χ2n) is 5.69. The van der Waals surface area contributed by atoms with E-state index in [9.17, 15) is 14.4 Å². The Balaban J connectivity index is 2.24. The van der Waals surface area contributed by atoms with Gasteiger partial charge in [0, 0.05) is 34.7 Å². The maximum absolute atomic E-state index is 13.1. The Morgan fingerprint density at radius 2 is 1.89 bits per heavy atom. The van der Waals surface area contributed by atoms with Gasteiger partial charge in [-0.2, -0.15) is 0 Å². The van der Waals surface area contributed by atoms with E-state index in [1.165, 1.54) is 25.0 Å². The van der Waals surface area contributed by atoms with Gasteiger partial charge in [-0.15, -0.1) is 0 Å². The van der Waals surface area contributed by atoms with Gasteiger partial charge in [0.2, 0.25) is 0 Å². The summed E-state index contributed by atoms with van der Waals surface area (Å²) in [5.41, 5.74) is 2.06. The van der Waals surface area contributed by atoms with Gasteiger partial charge in [-0.3, -0.25) is 15.1 Å². The molecule has 0 atom stereocenters. The number of benzene rings is 1. The zero-order valence-corrected chi connectivity index (χ0v) is 15.0. The van der Waals surface area contributed by atoms with Crippen molar-refractivity contribution in [3.8, 4) is 0 Å². The summed E-state index contributed by atoms with van der Waals surface area (Å²) in [6.07, 6.45) is 1.77. The molecule has 0 bridgehead atoms. The third-order valence-corrected chi connectivity index (χ3v) is 4.14. The molecular weight excluding hydrogens is 350 g/mol. The normalized spacial score (nSPS) is 10.5. The first-order valence-electron chi connectivity index (χ1n) is 8.01. The van der Waals surface area contributed by atoms with Crippen molar-refractivity contribution in [1.82, 2.24) is 9.55 Å². The van der Waals surface area contributed by atoms with Crippen molar-refractivity contribution in [2.24, 2.45) is 0 Å². The molecule has 0 radical (unpaired) electrons. The Kier molecular flexibility index (Phi) is 4.89. The first-order chi connectivity index (χ1) is 13.0. The smallest absolute Gasteiger partial charge is 0.418 e. The molecule has 1 N–H and O–H groups in total. The first kappa shape index (κ1) is 18.1. The number of hydrogen-bond acceptors (Lipinski definition) is 6. The summed E-state index contributed by atoms with van der Waals surface area (Å²) >= 11 is 0. The van der Waals surface area contributed by atoms with Crippen molar-refractivity contribution in [2.75, 3.05) is 19.5 Å². The third-order valence-electron chi connectivity index (χ3n) is 4.14. The number of nitrogens with zero attached hydrogens (tertiary/aromatic N) is 2. The molecule has 0 saturated carbocycles. The summed E-state index contributed by atoms with van der Waals surface area (Å²) in [5.74, 6) is -0.288. The fourth-order valence-electron chi connectivity index (χ4n) is 2.92. The molecule has 0 aliphatic carbocycles. The Hall–Kier alpha value is -3.68. The molecule has 0 fully saturated rings. The first-order valence-corrected chi connectivity index (χ1v) is 8.01. The number of amides is 1. The molecule has 0 aliphatic heterocycles. The van der Waals surface area contributed by atoms with Crippen LogP contribution in [0.4, 0.5) is 15.3 Å². The van der Waals surface area contributed by atoms with Crippen LogP contribution < -0.4 is 5.32 Å². The molecule has 138 valence electrons. The summed E-state index contributed by atoms with van der Waals surface area (Å²) in [6.45, 7) is 1.66. The predicted octanol–water partition coefficient (Wildman–Crippen LogP) is 3.37. The van der Waals surface area contributed by atoms with Crippen LogP contribution in [0.2, 0.25) is 0 Å². The fraction of sp³-hybridized carbons (Fsp3) is 0.158. The highest BCUT2D eigenvalue weighted by Gasteiger charge is 2.25. The average Bonchev–Trinajstić information content (AvgIpc) is 2.98. The van der Waals surface area contributed by atoms with E-state index in [-0.39, 0.29) is 5.78 Å². The van der Waals surface area contributed by atoms with Gasteiger partial charge in [-0.25, -0.2) is 14.2 Å². The Bertz CT molecular complexity index is 1040. The maximum Gasteiger partial charge on any atom is 0.418 e. The van der Waals surface area contributed by atoms with E-state index in [2.05, 4.69) is 15.0 Å². The number of anilines is 1. The molecular formula is C19H17N3O5. The van der Waals surface area contributed by atoms with E-state index < -0.39 is 12.2 Å². The largest absolute Gasteiger partial charge is 0.453 e. The molecule has 2 aromatic heterocycles. The molecule has 8 heteroatoms. The second-order valence-corrected chi connectivity index (χ2v) is 5.69. The van der Waals surface area contributed by atoms with Crippen molar-refractivity contribution in [3.05, 3.63) is 59.5 Å². The van der Waals surface area contributed by atoms with Crippen LogP contribution in [0.5, 0.6) is 0 Å². The minimum atomic E-state index is -0.640. The van der Waals surface area contributed by atoms with E-state index in [0.29, 0.717) is 33.4 Å². The number of ether oxygens (including phenoxy) is 2. The topological polar surface area (TPSA) is 99.5 Å². The van der Waals surface area contributed by atoms with Crippen molar-refractivity contribution in [1.29, 1.82) is 0 Å². The number of methoxy groups -OCH3 is 2. The lowest BCUT2D eigenvalue weighted by Gasteiger charge is -2.06. The van der Waals surface area contributed by atoms with E-state index in [1.54, 1.807) is 43.5 Å². The van der Waals surface area contributed by atoms with Crippen molar-refractivity contribution < 1.29 is 23.9 Å². The predicted molar refractivity (Wildman–Crippen MR) is 98.2 cm³/mol. The number of hydrogen-bond donors (Lipinski definition) is 1. The van der Waals surface area contributed by atoms with Crippen LogP contribution >= 0.6 is 0 Å². The van der Waals surface area contributed by atoms with Gasteiger partial charge in [0.25, 0.3) is 0 Å². The van der Waals surface area contributed by atoms with E-state index in [0.717, 1.165) is 0 Å². The van der Waals surface area contributed by atoms with E-state index in [1.807, 2.05) is 0 Å². The molecule has 3 aromatic rings. The zero-order chi connectivity index (χ0) is 19.6. The Morgan fingerprint density at radius 1 is 1.11 bits per heavy atom. The van der Waals surface area contributed by atoms with Gasteiger partial charge in [-0.05, 0) is 37.3 Å². The van der Waals surface area contributed by atoms with Crippen LogP contribution in [0.1, 0.15) is 21.6 Å². The van der Waals surface area contributed by atoms with Gasteiger partial charge >= 0.3 is 12.2 Å². The SMILES string of the molecule is COC(=O)Nc1ccc2c(c1)c(C(=O)c1cccnc1)c(C)n2C(=O)OC. The van der Waals surface area contributed by atoms with Crippen LogP contribution in [-0.2, 0) is 9.47 Å². The van der Waals surface area contributed by atoms with Crippen LogP contribution in [0.15, 0.2) is 42.7 Å². The number of fused-ring (bicyclic) bond motifs is 1. The van der Waals surface area contributed by atoms with Crippen LogP contribution in [0.3, 0.4) is 0 Å². The molecule has 27 heavy (non-hydrogen) atoms. The fourth-order valence-corrected chi connectivity index (χ4v) is 2.92. The average molecular weight is 367 g/mol. The monoisotopic (exact) mass is 367 g/mol. The highest BCUT2D eigenvalue weighted by Crippen LogP contribution is 2.30. The van der Waals surface area contributed by atoms with Gasteiger partial charge < -0.3 is 9.47 Å². The number of aromatic nitrogens is 2. The number of ketones is 1. The lowest BCUT2D eigenvalue weighted by Crippen LogP contribution is -2.14. The molecule has 0 aliphatic rings. The van der Waals surface area contributed by atoms with Gasteiger partial charge in [0.05, 0.1) is 25.3 Å². The number of carbonyl (C=O) groups is 3. The summed E-state index contributed by atoms with van der Waals surface area (Å²) in [6, 6.07) is 8.16. The summed E-state index contributed by atoms with van der Waals surface area (Å²) < 4.78 is 10.8. The van der Waals surface area contributed by atoms with Crippen LogP contribution in [0.25, 0.3) is 10.9 Å². The highest BCUT2D eigenvalue weighted by atomic mass is 16.5. The molecule has 1 aromatic carbocycles. The van der Waals surface area contributed by atoms with Gasteiger partial charge in [0.1, 0.15) is 0 Å². The summed E-state index contributed by atoms with van der Waals surface area (Å²) in [7, 11) is 2.52. The number of rotatable bonds is 3. The number of nitrogens with one attached hydrogen (secondary N) is 1. The number of carbonyl (C=O) groups excluding carboxylic acids is 3. The van der Waals surface area contributed by atoms with Gasteiger partial charge in [0.15, 0.2) is 5.78 Å². The second kappa shape index (κ2) is 7.28. The quantitative estimate of drug-likeness (QED) is 0.713. The minimum Gasteiger partial charge on any atom is -0.453 e. The standard InChI is InChI=1S/C19H17N3O5/c1-11-16(17(23)12-5-4-8-20-10-12)14-9-13(21-18(24)26-2)6-7-15(14)22(11)19(25)27-3/h4-10H,1-3H3,(H,21,24). The van der Waals surface area contributed by atoms with Crippen LogP contribution in [0, 0.1) is 6.92 Å². The molecule has 0 saturated heterocycles. The summed E-state index contributed by atoms with van der Waals surface area (Å²) in [5, 5.41) is 3.05. The molecule has 0 unspecified atom stereocenters. The minimum absolute atomic E-state index is 0.288. The Labute approximate surface area is 154 Å². The van der Waals surface area contributed by atoms with E-state index >= 15 is 0 Å². The van der Waals surface area contributed by atoms with Crippen molar-refractivity contribution in [3.63, 3.8) is 0 Å². The molecule has 8 nitrogen and oxygen atoms in total. The lowest BCUT2D eigenvalue weighted by molar-refractivity contribution is 0.103. The molecule has 1 amide bonds. The van der Waals surface area contributed by atoms with Crippen LogP contribution in [-0.4, -0.2) is 41.7 Å². The lowest BCUT2D eigenvalue weighted by atomic mass is 10.0. The Morgan fingerprint density at radius 3 is 2.52 bits per heavy atom. The van der Waals surface area contributed by atoms with Gasteiger partial charge in [-0.1, -0.05) is 0 Å². The molecule has 3 rings (SSSR count). The number of pyridine rings is 1. The van der Waals surface area contributed by atoms with Crippen molar-refractivity contribution in [2.45, 2.75) is 6.92 Å².